The number of H-pyrrole nitrogens is 1. The van der Waals surface area contributed by atoms with Gasteiger partial charge in [0, 0.05) is 19.0 Å². The highest BCUT2D eigenvalue weighted by Gasteiger charge is 2.32. The lowest BCUT2D eigenvalue weighted by Gasteiger charge is -2.23. The summed E-state index contributed by atoms with van der Waals surface area (Å²) in [6.45, 7) is 2.51. The molecule has 1 aromatic heterocycles. The van der Waals surface area contributed by atoms with Crippen LogP contribution in [0.1, 0.15) is 18.3 Å². The van der Waals surface area contributed by atoms with Crippen molar-refractivity contribution >= 4 is 16.8 Å². The number of methoxy groups -OCH3 is 2. The molecule has 8 nitrogen and oxygen atoms in total. The summed E-state index contributed by atoms with van der Waals surface area (Å²) in [5, 5.41) is 0.389. The molecule has 0 saturated heterocycles. The molecule has 2 heterocycles. The number of aromatic amines is 1. The van der Waals surface area contributed by atoms with Gasteiger partial charge in [0.2, 0.25) is 0 Å². The second kappa shape index (κ2) is 8.06. The topological polar surface area (TPSA) is 93.8 Å². The summed E-state index contributed by atoms with van der Waals surface area (Å²) < 4.78 is 16.4. The first-order chi connectivity index (χ1) is 14.5. The van der Waals surface area contributed by atoms with Crippen molar-refractivity contribution in [2.75, 3.05) is 20.8 Å². The fraction of sp³-hybridized carbons (Fsp3) is 0.318. The molecule has 2 aromatic carbocycles. The van der Waals surface area contributed by atoms with Crippen LogP contribution in [0.15, 0.2) is 41.2 Å². The van der Waals surface area contributed by atoms with Crippen LogP contribution in [0, 0.1) is 0 Å². The van der Waals surface area contributed by atoms with E-state index in [0.29, 0.717) is 41.2 Å². The molecule has 3 aromatic rings. The predicted octanol–water partition coefficient (Wildman–Crippen LogP) is 2.29. The average Bonchev–Trinajstić information content (AvgIpc) is 3.20. The normalized spacial score (nSPS) is 14.8. The number of aromatic nitrogens is 2. The Hall–Kier alpha value is -3.55. The molecule has 0 saturated carbocycles. The first-order valence-corrected chi connectivity index (χ1v) is 9.72. The summed E-state index contributed by atoms with van der Waals surface area (Å²) in [5.41, 5.74) is 1.19. The number of amides is 1. The SMILES string of the molecule is CCN(Cc1nc2cc(OC)c(OC)cc2c(=O)[nH]1)C(=O)[C@H]1Cc2ccccc2O1. The molecule has 0 unspecified atom stereocenters. The molecule has 0 fully saturated rings. The van der Waals surface area contributed by atoms with Crippen LogP contribution in [0.5, 0.6) is 17.2 Å². The molecule has 30 heavy (non-hydrogen) atoms. The lowest BCUT2D eigenvalue weighted by Crippen LogP contribution is -2.41. The number of benzene rings is 2. The zero-order chi connectivity index (χ0) is 21.3. The second-order valence-electron chi connectivity index (χ2n) is 7.01. The number of carbonyl (C=O) groups excluding carboxylic acids is 1. The summed E-state index contributed by atoms with van der Waals surface area (Å²) in [5.74, 6) is 1.93. The molecule has 0 bridgehead atoms. The van der Waals surface area contributed by atoms with E-state index in [1.807, 2.05) is 31.2 Å². The number of rotatable bonds is 6. The van der Waals surface area contributed by atoms with Gasteiger partial charge in [-0.15, -0.1) is 0 Å². The van der Waals surface area contributed by atoms with Crippen LogP contribution < -0.4 is 19.8 Å². The van der Waals surface area contributed by atoms with Crippen LogP contribution in [0.2, 0.25) is 0 Å². The van der Waals surface area contributed by atoms with Crippen molar-refractivity contribution < 1.29 is 19.0 Å². The van der Waals surface area contributed by atoms with Crippen molar-refractivity contribution in [1.82, 2.24) is 14.9 Å². The highest BCUT2D eigenvalue weighted by atomic mass is 16.5. The quantitative estimate of drug-likeness (QED) is 0.671. The van der Waals surface area contributed by atoms with E-state index in [0.717, 1.165) is 11.3 Å². The maximum Gasteiger partial charge on any atom is 0.264 e. The van der Waals surface area contributed by atoms with Crippen molar-refractivity contribution in [3.63, 3.8) is 0 Å². The summed E-state index contributed by atoms with van der Waals surface area (Å²) >= 11 is 0. The molecule has 4 rings (SSSR count). The largest absolute Gasteiger partial charge is 0.493 e. The maximum absolute atomic E-state index is 13.0. The fourth-order valence-corrected chi connectivity index (χ4v) is 3.64. The Morgan fingerprint density at radius 3 is 2.67 bits per heavy atom. The number of likely N-dealkylation sites (N-methyl/N-ethyl adjacent to an activating group) is 1. The molecule has 1 aliphatic heterocycles. The van der Waals surface area contributed by atoms with E-state index in [2.05, 4.69) is 9.97 Å². The molecule has 8 heteroatoms. The predicted molar refractivity (Wildman–Crippen MR) is 111 cm³/mol. The molecular weight excluding hydrogens is 386 g/mol. The lowest BCUT2D eigenvalue weighted by atomic mass is 10.1. The number of carbonyl (C=O) groups is 1. The third-order valence-electron chi connectivity index (χ3n) is 5.22. The van der Waals surface area contributed by atoms with Gasteiger partial charge >= 0.3 is 0 Å². The van der Waals surface area contributed by atoms with Gasteiger partial charge in [-0.05, 0) is 24.6 Å². The Bertz CT molecular complexity index is 1130. The highest BCUT2D eigenvalue weighted by Crippen LogP contribution is 2.31. The van der Waals surface area contributed by atoms with Crippen LogP contribution >= 0.6 is 0 Å². The van der Waals surface area contributed by atoms with Gasteiger partial charge in [-0.3, -0.25) is 9.59 Å². The molecule has 0 radical (unpaired) electrons. The van der Waals surface area contributed by atoms with Gasteiger partial charge in [-0.1, -0.05) is 18.2 Å². The van der Waals surface area contributed by atoms with E-state index in [4.69, 9.17) is 14.2 Å². The Morgan fingerprint density at radius 1 is 1.23 bits per heavy atom. The Kier molecular flexibility index (Phi) is 5.31. The first kappa shape index (κ1) is 19.8. The van der Waals surface area contributed by atoms with E-state index in [-0.39, 0.29) is 18.0 Å². The van der Waals surface area contributed by atoms with E-state index >= 15 is 0 Å². The smallest absolute Gasteiger partial charge is 0.264 e. The molecule has 1 amide bonds. The number of hydrogen-bond acceptors (Lipinski definition) is 6. The molecule has 1 atom stereocenters. The first-order valence-electron chi connectivity index (χ1n) is 9.72. The lowest BCUT2D eigenvalue weighted by molar-refractivity contribution is -0.138. The molecule has 1 aliphatic rings. The van der Waals surface area contributed by atoms with Crippen LogP contribution in [0.4, 0.5) is 0 Å². The summed E-state index contributed by atoms with van der Waals surface area (Å²) in [6, 6.07) is 10.9. The van der Waals surface area contributed by atoms with Gasteiger partial charge in [0.15, 0.2) is 17.6 Å². The standard InChI is InChI=1S/C22H23N3O5/c1-4-25(22(27)19-9-13-7-5-6-8-16(13)30-19)12-20-23-15-11-18(29-3)17(28-2)10-14(15)21(26)24-20/h5-8,10-11,19H,4,9,12H2,1-3H3,(H,23,24,26)/t19-/m1/s1. The number of nitrogens with zero attached hydrogens (tertiary/aromatic N) is 2. The van der Waals surface area contributed by atoms with Crippen molar-refractivity contribution in [3.8, 4) is 17.2 Å². The number of para-hydroxylation sites is 1. The molecular formula is C22H23N3O5. The second-order valence-corrected chi connectivity index (χ2v) is 7.01. The van der Waals surface area contributed by atoms with Crippen molar-refractivity contribution in [1.29, 1.82) is 0 Å². The summed E-state index contributed by atoms with van der Waals surface area (Å²) in [4.78, 5) is 34.5. The van der Waals surface area contributed by atoms with Gasteiger partial charge < -0.3 is 24.1 Å². The zero-order valence-electron chi connectivity index (χ0n) is 17.1. The van der Waals surface area contributed by atoms with Crippen LogP contribution in [0.3, 0.4) is 0 Å². The number of fused-ring (bicyclic) bond motifs is 2. The Labute approximate surface area is 173 Å². The molecule has 156 valence electrons. The minimum atomic E-state index is -0.570. The van der Waals surface area contributed by atoms with Gasteiger partial charge in [0.1, 0.15) is 11.6 Å². The van der Waals surface area contributed by atoms with Gasteiger partial charge in [-0.2, -0.15) is 0 Å². The molecule has 1 N–H and O–H groups in total. The monoisotopic (exact) mass is 409 g/mol. The van der Waals surface area contributed by atoms with Gasteiger partial charge in [-0.25, -0.2) is 4.98 Å². The van der Waals surface area contributed by atoms with Crippen LogP contribution in [0.25, 0.3) is 10.9 Å². The zero-order valence-corrected chi connectivity index (χ0v) is 17.1. The maximum atomic E-state index is 13.0. The Balaban J connectivity index is 1.59. The van der Waals surface area contributed by atoms with Gasteiger partial charge in [0.05, 0.1) is 31.7 Å². The van der Waals surface area contributed by atoms with Crippen molar-refractivity contribution in [2.45, 2.75) is 26.0 Å². The van der Waals surface area contributed by atoms with Crippen molar-refractivity contribution in [3.05, 3.63) is 58.1 Å². The van der Waals surface area contributed by atoms with Crippen molar-refractivity contribution in [2.24, 2.45) is 0 Å². The number of hydrogen-bond donors (Lipinski definition) is 1. The van der Waals surface area contributed by atoms with E-state index in [1.54, 1.807) is 17.0 Å². The third-order valence-corrected chi connectivity index (χ3v) is 5.22. The molecule has 0 aliphatic carbocycles. The summed E-state index contributed by atoms with van der Waals surface area (Å²) in [6.07, 6.45) is -0.0386. The van der Waals surface area contributed by atoms with E-state index < -0.39 is 6.10 Å². The highest BCUT2D eigenvalue weighted by molar-refractivity contribution is 5.83. The minimum absolute atomic E-state index is 0.135. The number of nitrogens with one attached hydrogen (secondary N) is 1. The summed E-state index contributed by atoms with van der Waals surface area (Å²) in [7, 11) is 3.03. The Morgan fingerprint density at radius 2 is 1.97 bits per heavy atom. The molecule has 0 spiro atoms. The van der Waals surface area contributed by atoms with Crippen LogP contribution in [-0.2, 0) is 17.8 Å². The van der Waals surface area contributed by atoms with E-state index in [9.17, 15) is 9.59 Å². The van der Waals surface area contributed by atoms with Crippen LogP contribution in [-0.4, -0.2) is 47.6 Å². The average molecular weight is 409 g/mol. The fourth-order valence-electron chi connectivity index (χ4n) is 3.64. The third kappa shape index (κ3) is 3.56. The number of ether oxygens (including phenoxy) is 3. The van der Waals surface area contributed by atoms with E-state index in [1.165, 1.54) is 14.2 Å². The minimum Gasteiger partial charge on any atom is -0.493 e. The van der Waals surface area contributed by atoms with Gasteiger partial charge in [0.25, 0.3) is 11.5 Å².